The third kappa shape index (κ3) is 3.14. The summed E-state index contributed by atoms with van der Waals surface area (Å²) < 4.78 is 68.8. The zero-order chi connectivity index (χ0) is 23.5. The van der Waals surface area contributed by atoms with Gasteiger partial charge in [0.15, 0.2) is 17.1 Å². The summed E-state index contributed by atoms with van der Waals surface area (Å²) in [6.07, 6.45) is -6.12. The Morgan fingerprint density at radius 2 is 1.94 bits per heavy atom. The largest absolute Gasteiger partial charge is 0.493 e. The lowest BCUT2D eigenvalue weighted by atomic mass is 9.63. The van der Waals surface area contributed by atoms with E-state index in [1.54, 1.807) is 19.9 Å². The van der Waals surface area contributed by atoms with Crippen molar-refractivity contribution in [2.45, 2.75) is 43.5 Å². The maximum Gasteiger partial charge on any atom is 0.418 e. The summed E-state index contributed by atoms with van der Waals surface area (Å²) in [7, 11) is 1.16. The van der Waals surface area contributed by atoms with E-state index in [2.05, 4.69) is 0 Å². The predicted octanol–water partition coefficient (Wildman–Crippen LogP) is 4.81. The molecular weight excluding hydrogens is 430 g/mol. The fraction of sp³-hybridized carbons (Fsp3) is 0.348. The molecular formula is C23H21F4NO4. The highest BCUT2D eigenvalue weighted by atomic mass is 19.4. The SMILES string of the molecule is COc1c(F)ccc2c1C(C)(C)CC(O)C2(NC(=O)c1ccc2occc2c1)C(F)(F)F. The van der Waals surface area contributed by atoms with Gasteiger partial charge in [-0.1, -0.05) is 19.9 Å². The van der Waals surface area contributed by atoms with Crippen molar-refractivity contribution < 1.29 is 36.6 Å². The number of furan rings is 1. The van der Waals surface area contributed by atoms with Crippen molar-refractivity contribution in [1.29, 1.82) is 0 Å². The van der Waals surface area contributed by atoms with Gasteiger partial charge in [-0.3, -0.25) is 4.79 Å². The average Bonchev–Trinajstić information content (AvgIpc) is 3.17. The van der Waals surface area contributed by atoms with Gasteiger partial charge in [0.05, 0.1) is 19.5 Å². The lowest BCUT2D eigenvalue weighted by Crippen LogP contribution is -2.66. The van der Waals surface area contributed by atoms with Crippen molar-refractivity contribution in [3.8, 4) is 5.75 Å². The van der Waals surface area contributed by atoms with E-state index in [0.717, 1.165) is 19.2 Å². The summed E-state index contributed by atoms with van der Waals surface area (Å²) in [6.45, 7) is 3.18. The highest BCUT2D eigenvalue weighted by Gasteiger charge is 2.66. The number of rotatable bonds is 3. The van der Waals surface area contributed by atoms with Crippen molar-refractivity contribution in [1.82, 2.24) is 5.32 Å². The Morgan fingerprint density at radius 3 is 2.59 bits per heavy atom. The molecule has 1 aliphatic carbocycles. The first kappa shape index (κ1) is 22.1. The number of aliphatic hydroxyl groups excluding tert-OH is 1. The Morgan fingerprint density at radius 1 is 1.22 bits per heavy atom. The van der Waals surface area contributed by atoms with E-state index in [9.17, 15) is 27.5 Å². The Kier molecular flexibility index (Phi) is 5.00. The van der Waals surface area contributed by atoms with Gasteiger partial charge in [0, 0.05) is 16.5 Å². The minimum absolute atomic E-state index is 0.0461. The van der Waals surface area contributed by atoms with E-state index >= 15 is 0 Å². The Bertz CT molecular complexity index is 1200. The predicted molar refractivity (Wildman–Crippen MR) is 108 cm³/mol. The van der Waals surface area contributed by atoms with Crippen molar-refractivity contribution in [3.05, 3.63) is 65.2 Å². The number of fused-ring (bicyclic) bond motifs is 2. The maximum atomic E-state index is 14.7. The number of hydrogen-bond acceptors (Lipinski definition) is 4. The minimum atomic E-state index is -5.10. The number of halogens is 4. The Balaban J connectivity index is 1.92. The Hall–Kier alpha value is -3.07. The van der Waals surface area contributed by atoms with Crippen molar-refractivity contribution in [2.75, 3.05) is 7.11 Å². The molecule has 2 N–H and O–H groups in total. The van der Waals surface area contributed by atoms with Crippen LogP contribution < -0.4 is 10.1 Å². The summed E-state index contributed by atoms with van der Waals surface area (Å²) in [5.41, 5.74) is -4.30. The molecule has 1 heterocycles. The van der Waals surface area contributed by atoms with Crippen molar-refractivity contribution in [2.24, 2.45) is 0 Å². The van der Waals surface area contributed by atoms with Gasteiger partial charge in [-0.2, -0.15) is 13.2 Å². The topological polar surface area (TPSA) is 71.7 Å². The third-order valence-corrected chi connectivity index (χ3v) is 6.09. The first-order valence-electron chi connectivity index (χ1n) is 9.84. The molecule has 4 rings (SSSR count). The molecule has 0 spiro atoms. The van der Waals surface area contributed by atoms with Crippen LogP contribution in [0.2, 0.25) is 0 Å². The van der Waals surface area contributed by atoms with Gasteiger partial charge in [-0.05, 0) is 47.7 Å². The molecule has 0 saturated carbocycles. The summed E-state index contributed by atoms with van der Waals surface area (Å²) in [6, 6.07) is 7.56. The molecule has 3 aromatic rings. The number of ether oxygens (including phenoxy) is 1. The van der Waals surface area contributed by atoms with E-state index in [4.69, 9.17) is 9.15 Å². The third-order valence-electron chi connectivity index (χ3n) is 6.09. The number of carbonyl (C=O) groups is 1. The minimum Gasteiger partial charge on any atom is -0.493 e. The summed E-state index contributed by atoms with van der Waals surface area (Å²) >= 11 is 0. The number of methoxy groups -OCH3 is 1. The van der Waals surface area contributed by atoms with Crippen LogP contribution in [0.3, 0.4) is 0 Å². The Labute approximate surface area is 181 Å². The van der Waals surface area contributed by atoms with Crippen molar-refractivity contribution in [3.63, 3.8) is 0 Å². The molecule has 0 aliphatic heterocycles. The number of carbonyl (C=O) groups excluding carboxylic acids is 1. The van der Waals surface area contributed by atoms with Gasteiger partial charge in [-0.15, -0.1) is 0 Å². The number of amides is 1. The zero-order valence-corrected chi connectivity index (χ0v) is 17.5. The second kappa shape index (κ2) is 7.23. The number of nitrogens with one attached hydrogen (secondary N) is 1. The molecule has 0 fully saturated rings. The van der Waals surface area contributed by atoms with Crippen LogP contribution in [0.5, 0.6) is 5.75 Å². The smallest absolute Gasteiger partial charge is 0.418 e. The fourth-order valence-corrected chi connectivity index (χ4v) is 4.60. The van der Waals surface area contributed by atoms with E-state index in [1.165, 1.54) is 24.5 Å². The number of hydrogen-bond donors (Lipinski definition) is 2. The summed E-state index contributed by atoms with van der Waals surface area (Å²) in [4.78, 5) is 13.0. The molecule has 5 nitrogen and oxygen atoms in total. The van der Waals surface area contributed by atoms with Crippen LogP contribution in [-0.2, 0) is 11.0 Å². The summed E-state index contributed by atoms with van der Waals surface area (Å²) in [5, 5.41) is 13.4. The second-order valence-corrected chi connectivity index (χ2v) is 8.54. The molecule has 1 aromatic heterocycles. The van der Waals surface area contributed by atoms with Crippen LogP contribution in [0.25, 0.3) is 11.0 Å². The van der Waals surface area contributed by atoms with Gasteiger partial charge in [0.1, 0.15) is 5.58 Å². The second-order valence-electron chi connectivity index (χ2n) is 8.54. The number of benzene rings is 2. The number of alkyl halides is 3. The molecule has 1 aliphatic rings. The van der Waals surface area contributed by atoms with Gasteiger partial charge >= 0.3 is 6.18 Å². The molecule has 0 radical (unpaired) electrons. The average molecular weight is 451 g/mol. The van der Waals surface area contributed by atoms with Gasteiger partial charge in [-0.25, -0.2) is 4.39 Å². The van der Waals surface area contributed by atoms with E-state index < -0.39 is 40.5 Å². The zero-order valence-electron chi connectivity index (χ0n) is 17.5. The first-order chi connectivity index (χ1) is 14.9. The maximum absolute atomic E-state index is 14.7. The van der Waals surface area contributed by atoms with Crippen LogP contribution in [0.4, 0.5) is 17.6 Å². The molecule has 1 amide bonds. The number of aliphatic hydroxyl groups is 1. The monoisotopic (exact) mass is 451 g/mol. The molecule has 0 saturated heterocycles. The van der Waals surface area contributed by atoms with E-state index in [-0.39, 0.29) is 23.3 Å². The molecule has 32 heavy (non-hydrogen) atoms. The van der Waals surface area contributed by atoms with Crippen LogP contribution in [0.15, 0.2) is 47.1 Å². The van der Waals surface area contributed by atoms with Crippen LogP contribution in [0.1, 0.15) is 41.8 Å². The highest BCUT2D eigenvalue weighted by Crippen LogP contribution is 2.54. The molecule has 2 unspecified atom stereocenters. The normalized spacial score (nSPS) is 22.4. The fourth-order valence-electron chi connectivity index (χ4n) is 4.60. The quantitative estimate of drug-likeness (QED) is 0.561. The van der Waals surface area contributed by atoms with E-state index in [0.29, 0.717) is 11.0 Å². The molecule has 9 heteroatoms. The van der Waals surface area contributed by atoms with Crippen LogP contribution in [-0.4, -0.2) is 30.4 Å². The van der Waals surface area contributed by atoms with Crippen molar-refractivity contribution >= 4 is 16.9 Å². The summed E-state index contributed by atoms with van der Waals surface area (Å²) in [5.74, 6) is -2.22. The van der Waals surface area contributed by atoms with E-state index in [1.807, 2.05) is 5.32 Å². The molecule has 2 atom stereocenters. The highest BCUT2D eigenvalue weighted by molar-refractivity contribution is 5.98. The molecule has 2 aromatic carbocycles. The van der Waals surface area contributed by atoms with Gasteiger partial charge in [0.25, 0.3) is 5.91 Å². The molecule has 170 valence electrons. The first-order valence-corrected chi connectivity index (χ1v) is 9.84. The standard InChI is InChI=1S/C23H21F4NO4/c1-21(2)11-17(29)22(23(25,26)27,14-5-6-15(24)19(31-3)18(14)21)28-20(30)13-4-7-16-12(10-13)8-9-32-16/h4-10,17,29H,11H2,1-3H3,(H,28,30). The molecule has 0 bridgehead atoms. The van der Waals surface area contributed by atoms with Gasteiger partial charge < -0.3 is 19.6 Å². The van der Waals surface area contributed by atoms with Crippen LogP contribution in [0, 0.1) is 5.82 Å². The van der Waals surface area contributed by atoms with Crippen LogP contribution >= 0.6 is 0 Å². The van der Waals surface area contributed by atoms with Gasteiger partial charge in [0.2, 0.25) is 0 Å². The lowest BCUT2D eigenvalue weighted by Gasteiger charge is -2.49. The lowest BCUT2D eigenvalue weighted by molar-refractivity contribution is -0.231.